The maximum absolute atomic E-state index is 6.74. The first-order valence-electron chi connectivity index (χ1n) is 14.4. The summed E-state index contributed by atoms with van der Waals surface area (Å²) in [6.07, 6.45) is 11.9. The molecule has 2 saturated heterocycles. The number of morpholine rings is 1. The smallest absolute Gasteiger partial charge is 0.137 e. The van der Waals surface area contributed by atoms with Gasteiger partial charge in [-0.05, 0) is 78.6 Å². The molecule has 8 rings (SSSR count). The first-order chi connectivity index (χ1) is 19.7. The Balaban J connectivity index is 1.08. The fourth-order valence-corrected chi connectivity index (χ4v) is 7.42. The number of aromatic amines is 1. The number of aromatic nitrogens is 3. The fraction of sp³-hybridized carbons (Fsp3) is 0.294. The van der Waals surface area contributed by atoms with Gasteiger partial charge < -0.3 is 9.72 Å². The standard InChI is InChI=1S/C34H31ClN4O/c35-32-15-24(8-11-29(32)33-3-1-2-12-36-33)31-18-38-34-30(31)14-25(17-37-34)23-5-4-21-6-9-26(10-7-22(21)13-23)39-27-16-28(39)20-40-19-27/h1-5,8,11-15,17-18,26-28H,6-7,9-10,16,19-20H2,(H,37,38). The van der Waals surface area contributed by atoms with Crippen LogP contribution in [0.5, 0.6) is 0 Å². The van der Waals surface area contributed by atoms with Gasteiger partial charge in [-0.1, -0.05) is 48.0 Å². The van der Waals surface area contributed by atoms with Crippen molar-refractivity contribution in [3.63, 3.8) is 0 Å². The molecule has 2 aromatic carbocycles. The van der Waals surface area contributed by atoms with Crippen molar-refractivity contribution in [3.8, 4) is 33.5 Å². The zero-order valence-corrected chi connectivity index (χ0v) is 23.1. The zero-order valence-electron chi connectivity index (χ0n) is 22.3. The molecular formula is C34H31ClN4O. The van der Waals surface area contributed by atoms with Gasteiger partial charge in [-0.2, -0.15) is 0 Å². The van der Waals surface area contributed by atoms with E-state index in [4.69, 9.17) is 21.3 Å². The summed E-state index contributed by atoms with van der Waals surface area (Å²) in [5, 5.41) is 1.79. The summed E-state index contributed by atoms with van der Waals surface area (Å²) in [5.41, 5.74) is 10.2. The number of pyridine rings is 2. The molecule has 2 bridgehead atoms. The van der Waals surface area contributed by atoms with E-state index in [2.05, 4.69) is 51.3 Å². The van der Waals surface area contributed by atoms with E-state index in [0.29, 0.717) is 23.1 Å². The van der Waals surface area contributed by atoms with Crippen molar-refractivity contribution in [2.75, 3.05) is 13.2 Å². The molecule has 0 amide bonds. The molecule has 0 saturated carbocycles. The number of ether oxygens (including phenoxy) is 1. The van der Waals surface area contributed by atoms with Crippen molar-refractivity contribution in [1.82, 2.24) is 19.9 Å². The number of halogens is 1. The van der Waals surface area contributed by atoms with Gasteiger partial charge in [0.15, 0.2) is 0 Å². The van der Waals surface area contributed by atoms with Gasteiger partial charge in [0.25, 0.3) is 0 Å². The molecule has 1 N–H and O–H groups in total. The molecule has 0 spiro atoms. The lowest BCUT2D eigenvalue weighted by Crippen LogP contribution is -2.66. The highest BCUT2D eigenvalue weighted by Gasteiger charge is 2.45. The van der Waals surface area contributed by atoms with Crippen LogP contribution in [-0.2, 0) is 17.6 Å². The third kappa shape index (κ3) is 4.15. The molecule has 40 heavy (non-hydrogen) atoms. The van der Waals surface area contributed by atoms with E-state index < -0.39 is 0 Å². The van der Waals surface area contributed by atoms with Crippen LogP contribution < -0.4 is 0 Å². The van der Waals surface area contributed by atoms with Crippen molar-refractivity contribution in [2.24, 2.45) is 0 Å². The molecule has 1 aliphatic carbocycles. The van der Waals surface area contributed by atoms with Gasteiger partial charge in [-0.25, -0.2) is 4.98 Å². The number of benzene rings is 2. The van der Waals surface area contributed by atoms with Gasteiger partial charge in [0.1, 0.15) is 5.65 Å². The third-order valence-electron chi connectivity index (χ3n) is 9.21. The summed E-state index contributed by atoms with van der Waals surface area (Å²) in [6.45, 7) is 1.84. The maximum Gasteiger partial charge on any atom is 0.137 e. The van der Waals surface area contributed by atoms with Crippen LogP contribution in [0.3, 0.4) is 0 Å². The molecule has 3 aromatic heterocycles. The molecule has 200 valence electrons. The molecule has 6 heteroatoms. The number of fused-ring (bicyclic) bond motifs is 4. The molecule has 5 nitrogen and oxygen atoms in total. The van der Waals surface area contributed by atoms with Crippen molar-refractivity contribution in [3.05, 3.63) is 95.4 Å². The molecule has 3 aliphatic rings. The van der Waals surface area contributed by atoms with Gasteiger partial charge in [-0.15, -0.1) is 0 Å². The minimum atomic E-state index is 0.648. The van der Waals surface area contributed by atoms with E-state index in [1.807, 2.05) is 36.7 Å². The quantitative estimate of drug-likeness (QED) is 0.240. The summed E-state index contributed by atoms with van der Waals surface area (Å²) < 4.78 is 5.74. The Bertz CT molecular complexity index is 1700. The Morgan fingerprint density at radius 2 is 1.65 bits per heavy atom. The van der Waals surface area contributed by atoms with Crippen LogP contribution in [0.15, 0.2) is 79.3 Å². The minimum absolute atomic E-state index is 0.648. The highest BCUT2D eigenvalue weighted by atomic mass is 35.5. The van der Waals surface area contributed by atoms with E-state index >= 15 is 0 Å². The Morgan fingerprint density at radius 3 is 2.45 bits per heavy atom. The number of rotatable bonds is 4. The SMILES string of the molecule is Clc1cc(-c2c[nH]c3ncc(-c4ccc5c(c4)CCC(N4C6COCC4C6)CC5)cc23)ccc1-c1ccccn1. The normalized spacial score (nSPS) is 22.5. The molecule has 5 heterocycles. The van der Waals surface area contributed by atoms with E-state index in [1.165, 1.54) is 36.0 Å². The number of nitrogens with zero attached hydrogens (tertiary/aromatic N) is 3. The molecule has 5 aromatic rings. The van der Waals surface area contributed by atoms with Crippen LogP contribution in [0.4, 0.5) is 0 Å². The fourth-order valence-electron chi connectivity index (χ4n) is 7.14. The van der Waals surface area contributed by atoms with Crippen LogP contribution >= 0.6 is 11.6 Å². The average molecular weight is 547 g/mol. The number of nitrogens with one attached hydrogen (secondary N) is 1. The highest BCUT2D eigenvalue weighted by Crippen LogP contribution is 2.39. The molecule has 3 atom stereocenters. The lowest BCUT2D eigenvalue weighted by atomic mass is 9.87. The highest BCUT2D eigenvalue weighted by molar-refractivity contribution is 6.33. The van der Waals surface area contributed by atoms with E-state index in [0.717, 1.165) is 65.0 Å². The summed E-state index contributed by atoms with van der Waals surface area (Å²) >= 11 is 6.74. The monoisotopic (exact) mass is 546 g/mol. The van der Waals surface area contributed by atoms with Gasteiger partial charge in [-0.3, -0.25) is 9.88 Å². The maximum atomic E-state index is 6.74. The van der Waals surface area contributed by atoms with Crippen LogP contribution in [-0.4, -0.2) is 51.2 Å². The number of hydrogen-bond donors (Lipinski definition) is 1. The summed E-state index contributed by atoms with van der Waals surface area (Å²) in [4.78, 5) is 15.4. The second kappa shape index (κ2) is 9.84. The second-order valence-corrected chi connectivity index (χ2v) is 11.9. The first kappa shape index (κ1) is 24.3. The first-order valence-corrected chi connectivity index (χ1v) is 14.7. The average Bonchev–Trinajstić information content (AvgIpc) is 3.32. The Kier molecular flexibility index (Phi) is 5.98. The number of H-pyrrole nitrogens is 1. The van der Waals surface area contributed by atoms with Gasteiger partial charge in [0, 0.05) is 58.8 Å². The summed E-state index contributed by atoms with van der Waals surface area (Å²) in [5.74, 6) is 0. The van der Waals surface area contributed by atoms with Crippen LogP contribution in [0.2, 0.25) is 5.02 Å². The van der Waals surface area contributed by atoms with E-state index in [1.54, 1.807) is 6.20 Å². The van der Waals surface area contributed by atoms with Crippen molar-refractivity contribution in [2.45, 2.75) is 50.2 Å². The van der Waals surface area contributed by atoms with Crippen molar-refractivity contribution in [1.29, 1.82) is 0 Å². The zero-order chi connectivity index (χ0) is 26.6. The van der Waals surface area contributed by atoms with Crippen LogP contribution in [0, 0.1) is 0 Å². The van der Waals surface area contributed by atoms with Gasteiger partial charge in [0.2, 0.25) is 0 Å². The van der Waals surface area contributed by atoms with Crippen LogP contribution in [0.1, 0.15) is 30.4 Å². The summed E-state index contributed by atoms with van der Waals surface area (Å²) in [7, 11) is 0. The molecule has 2 fully saturated rings. The van der Waals surface area contributed by atoms with Crippen molar-refractivity contribution >= 4 is 22.6 Å². The van der Waals surface area contributed by atoms with Crippen molar-refractivity contribution < 1.29 is 4.74 Å². The Hall–Kier alpha value is -3.51. The predicted octanol–water partition coefficient (Wildman–Crippen LogP) is 7.33. The third-order valence-corrected chi connectivity index (χ3v) is 9.53. The van der Waals surface area contributed by atoms with Crippen LogP contribution in [0.25, 0.3) is 44.5 Å². The van der Waals surface area contributed by atoms with E-state index in [9.17, 15) is 0 Å². The lowest BCUT2D eigenvalue weighted by molar-refractivity contribution is -0.148. The number of aryl methyl sites for hydroxylation is 2. The Labute approximate surface area is 239 Å². The largest absolute Gasteiger partial charge is 0.378 e. The minimum Gasteiger partial charge on any atom is -0.378 e. The summed E-state index contributed by atoms with van der Waals surface area (Å²) in [6, 6.07) is 23.3. The molecule has 3 unspecified atom stereocenters. The molecular weight excluding hydrogens is 516 g/mol. The molecule has 0 radical (unpaired) electrons. The van der Waals surface area contributed by atoms with Gasteiger partial charge >= 0.3 is 0 Å². The number of hydrogen-bond acceptors (Lipinski definition) is 4. The topological polar surface area (TPSA) is 54.0 Å². The lowest BCUT2D eigenvalue weighted by Gasteiger charge is -2.56. The second-order valence-electron chi connectivity index (χ2n) is 11.5. The van der Waals surface area contributed by atoms with Gasteiger partial charge in [0.05, 0.1) is 23.9 Å². The van der Waals surface area contributed by atoms with E-state index in [-0.39, 0.29) is 0 Å². The molecule has 2 aliphatic heterocycles. The predicted molar refractivity (Wildman–Crippen MR) is 160 cm³/mol. The Morgan fingerprint density at radius 1 is 0.800 bits per heavy atom.